The molecule has 28 heavy (non-hydrogen) atoms. The van der Waals surface area contributed by atoms with E-state index in [1.807, 2.05) is 60.8 Å². The summed E-state index contributed by atoms with van der Waals surface area (Å²) in [5.41, 5.74) is 1.79. The summed E-state index contributed by atoms with van der Waals surface area (Å²) in [6.45, 7) is 2.26. The minimum atomic E-state index is -0.250. The third kappa shape index (κ3) is 3.88. The Morgan fingerprint density at radius 3 is 2.64 bits per heavy atom. The van der Waals surface area contributed by atoms with Crippen LogP contribution in [0.4, 0.5) is 0 Å². The third-order valence-electron chi connectivity index (χ3n) is 4.85. The number of halogens is 1. The molecule has 1 aliphatic heterocycles. The van der Waals surface area contributed by atoms with Crippen LogP contribution in [-0.4, -0.2) is 23.2 Å². The molecule has 144 valence electrons. The van der Waals surface area contributed by atoms with Crippen LogP contribution in [0.5, 0.6) is 0 Å². The monoisotopic (exact) mass is 398 g/mol. The summed E-state index contributed by atoms with van der Waals surface area (Å²) in [6.07, 6.45) is 3.84. The molecule has 0 aliphatic carbocycles. The Morgan fingerprint density at radius 2 is 1.96 bits per heavy atom. The maximum atomic E-state index is 13.0. The number of nitrogens with zero attached hydrogens (tertiary/aromatic N) is 2. The van der Waals surface area contributed by atoms with Crippen LogP contribution in [0.25, 0.3) is 0 Å². The molecule has 0 radical (unpaired) electrons. The number of furan rings is 2. The molecule has 2 N–H and O–H groups in total. The Bertz CT molecular complexity index is 949. The van der Waals surface area contributed by atoms with Crippen molar-refractivity contribution in [3.8, 4) is 0 Å². The number of hydrazone groups is 1. The van der Waals surface area contributed by atoms with E-state index in [4.69, 9.17) is 20.4 Å². The molecule has 0 saturated carbocycles. The number of amides is 1. The van der Waals surface area contributed by atoms with E-state index in [1.165, 1.54) is 5.01 Å². The second kappa shape index (κ2) is 8.04. The van der Waals surface area contributed by atoms with Crippen LogP contribution in [0.2, 0.25) is 5.02 Å². The molecule has 1 aliphatic rings. The van der Waals surface area contributed by atoms with E-state index < -0.39 is 0 Å². The summed E-state index contributed by atoms with van der Waals surface area (Å²) < 4.78 is 11.0. The molecule has 0 bridgehead atoms. The van der Waals surface area contributed by atoms with Gasteiger partial charge in [-0.2, -0.15) is 5.10 Å². The van der Waals surface area contributed by atoms with Gasteiger partial charge in [-0.1, -0.05) is 23.7 Å². The van der Waals surface area contributed by atoms with Crippen LogP contribution in [0, 0.1) is 0 Å². The molecule has 7 heteroatoms. The van der Waals surface area contributed by atoms with Gasteiger partial charge in [-0.15, -0.1) is 0 Å². The zero-order valence-corrected chi connectivity index (χ0v) is 16.2. The highest BCUT2D eigenvalue weighted by atomic mass is 35.5. The third-order valence-corrected chi connectivity index (χ3v) is 5.10. The van der Waals surface area contributed by atoms with Gasteiger partial charge in [0.1, 0.15) is 17.8 Å². The van der Waals surface area contributed by atoms with Gasteiger partial charge in [0.05, 0.1) is 18.2 Å². The van der Waals surface area contributed by atoms with Gasteiger partial charge in [-0.05, 0) is 48.9 Å². The highest BCUT2D eigenvalue weighted by Crippen LogP contribution is 2.33. The fourth-order valence-electron chi connectivity index (χ4n) is 3.30. The summed E-state index contributed by atoms with van der Waals surface area (Å²) >= 11 is 5.99. The molecule has 0 spiro atoms. The van der Waals surface area contributed by atoms with E-state index in [0.29, 0.717) is 11.4 Å². The van der Waals surface area contributed by atoms with Gasteiger partial charge >= 0.3 is 0 Å². The number of carbonyl (C=O) groups excluding carboxylic acids is 1. The van der Waals surface area contributed by atoms with Crippen molar-refractivity contribution in [3.63, 3.8) is 0 Å². The lowest BCUT2D eigenvalue weighted by Crippen LogP contribution is -2.86. The van der Waals surface area contributed by atoms with Gasteiger partial charge in [0, 0.05) is 11.4 Å². The molecule has 0 unspecified atom stereocenters. The Labute approximate surface area is 167 Å². The fraction of sp³-hybridized carbons (Fsp3) is 0.238. The molecule has 2 atom stereocenters. The Balaban J connectivity index is 1.52. The molecule has 0 saturated heterocycles. The number of hydrogen-bond donors (Lipinski definition) is 1. The zero-order chi connectivity index (χ0) is 19.5. The van der Waals surface area contributed by atoms with Crippen LogP contribution in [0.15, 0.2) is 75.0 Å². The van der Waals surface area contributed by atoms with Crippen LogP contribution < -0.4 is 5.32 Å². The molecular weight excluding hydrogens is 378 g/mol. The first kappa shape index (κ1) is 18.5. The molecule has 1 aromatic carbocycles. The van der Waals surface area contributed by atoms with E-state index in [-0.39, 0.29) is 24.5 Å². The first-order valence-electron chi connectivity index (χ1n) is 9.17. The van der Waals surface area contributed by atoms with Gasteiger partial charge in [0.15, 0.2) is 12.3 Å². The SMILES string of the molecule is C[C@H]([NH2+]CC(=O)N1N=C(c2ccc(Cl)cc2)C[C@H]1c1ccco1)c1ccco1. The number of quaternary nitrogens is 1. The lowest BCUT2D eigenvalue weighted by Gasteiger charge is -2.19. The molecule has 1 amide bonds. The molecular formula is C21H21ClN3O3+. The zero-order valence-electron chi connectivity index (χ0n) is 15.4. The lowest BCUT2D eigenvalue weighted by atomic mass is 10.0. The summed E-state index contributed by atoms with van der Waals surface area (Å²) in [4.78, 5) is 13.0. The van der Waals surface area contributed by atoms with E-state index in [1.54, 1.807) is 12.5 Å². The van der Waals surface area contributed by atoms with Gasteiger partial charge in [-0.25, -0.2) is 5.01 Å². The van der Waals surface area contributed by atoms with Gasteiger partial charge in [-0.3, -0.25) is 4.79 Å². The quantitative estimate of drug-likeness (QED) is 0.690. The highest BCUT2D eigenvalue weighted by Gasteiger charge is 2.35. The van der Waals surface area contributed by atoms with E-state index in [2.05, 4.69) is 5.10 Å². The Hall–Kier alpha value is -2.83. The number of hydrogen-bond acceptors (Lipinski definition) is 4. The van der Waals surface area contributed by atoms with Crippen molar-refractivity contribution in [3.05, 3.63) is 83.2 Å². The summed E-state index contributed by atoms with van der Waals surface area (Å²) in [6, 6.07) is 14.7. The lowest BCUT2D eigenvalue weighted by molar-refractivity contribution is -0.685. The molecule has 3 heterocycles. The molecule has 2 aromatic heterocycles. The van der Waals surface area contributed by atoms with E-state index >= 15 is 0 Å². The number of carbonyl (C=O) groups is 1. The summed E-state index contributed by atoms with van der Waals surface area (Å²) in [5.74, 6) is 1.48. The Kier molecular flexibility index (Phi) is 5.32. The van der Waals surface area contributed by atoms with Crippen LogP contribution in [0.1, 0.15) is 42.5 Å². The maximum absolute atomic E-state index is 13.0. The second-order valence-electron chi connectivity index (χ2n) is 6.77. The molecule has 3 aromatic rings. The van der Waals surface area contributed by atoms with E-state index in [9.17, 15) is 4.79 Å². The Morgan fingerprint density at radius 1 is 1.21 bits per heavy atom. The smallest absolute Gasteiger partial charge is 0.298 e. The van der Waals surface area contributed by atoms with Crippen molar-refractivity contribution < 1.29 is 18.9 Å². The maximum Gasteiger partial charge on any atom is 0.298 e. The number of benzene rings is 1. The van der Waals surface area contributed by atoms with Crippen LogP contribution >= 0.6 is 11.6 Å². The topological polar surface area (TPSA) is 75.6 Å². The average molecular weight is 399 g/mol. The minimum absolute atomic E-state index is 0.0448. The standard InChI is InChI=1S/C21H20ClN3O3/c1-14(19-4-2-10-27-19)23-13-21(26)25-18(20-5-3-11-28-20)12-17(24-25)15-6-8-16(22)9-7-15/h2-11,14,18,23H,12-13H2,1H3/p+1/t14-,18-/m0/s1. The van der Waals surface area contributed by atoms with Crippen molar-refractivity contribution in [1.82, 2.24) is 5.01 Å². The minimum Gasteiger partial charge on any atom is -0.467 e. The summed E-state index contributed by atoms with van der Waals surface area (Å²) in [7, 11) is 0. The van der Waals surface area contributed by atoms with Crippen LogP contribution in [-0.2, 0) is 4.79 Å². The predicted octanol–water partition coefficient (Wildman–Crippen LogP) is 3.53. The molecule has 6 nitrogen and oxygen atoms in total. The van der Waals surface area contributed by atoms with Gasteiger partial charge in [0.2, 0.25) is 0 Å². The summed E-state index contributed by atoms with van der Waals surface area (Å²) in [5, 5.41) is 8.76. The van der Waals surface area contributed by atoms with Crippen molar-refractivity contribution in [2.75, 3.05) is 6.54 Å². The normalized spacial score (nSPS) is 17.6. The highest BCUT2D eigenvalue weighted by molar-refractivity contribution is 6.30. The first-order chi connectivity index (χ1) is 13.6. The molecule has 4 rings (SSSR count). The van der Waals surface area contributed by atoms with Crippen molar-refractivity contribution >= 4 is 23.2 Å². The number of nitrogens with two attached hydrogens (primary N) is 1. The predicted molar refractivity (Wildman–Crippen MR) is 105 cm³/mol. The number of rotatable bonds is 6. The van der Waals surface area contributed by atoms with Crippen molar-refractivity contribution in [2.45, 2.75) is 25.4 Å². The van der Waals surface area contributed by atoms with Gasteiger partial charge < -0.3 is 14.2 Å². The van der Waals surface area contributed by atoms with Crippen molar-refractivity contribution in [2.24, 2.45) is 5.10 Å². The van der Waals surface area contributed by atoms with Crippen molar-refractivity contribution in [1.29, 1.82) is 0 Å². The average Bonchev–Trinajstić information content (AvgIpc) is 3.47. The molecule has 0 fully saturated rings. The second-order valence-corrected chi connectivity index (χ2v) is 7.21. The van der Waals surface area contributed by atoms with Crippen LogP contribution in [0.3, 0.4) is 0 Å². The first-order valence-corrected chi connectivity index (χ1v) is 9.55. The largest absolute Gasteiger partial charge is 0.467 e. The van der Waals surface area contributed by atoms with Gasteiger partial charge in [0.25, 0.3) is 5.91 Å². The van der Waals surface area contributed by atoms with E-state index in [0.717, 1.165) is 22.8 Å². The fourth-order valence-corrected chi connectivity index (χ4v) is 3.42.